The summed E-state index contributed by atoms with van der Waals surface area (Å²) in [5.41, 5.74) is 1.11. The van der Waals surface area contributed by atoms with Gasteiger partial charge in [-0.3, -0.25) is 9.59 Å². The van der Waals surface area contributed by atoms with Crippen molar-refractivity contribution in [2.24, 2.45) is 7.05 Å². The Balaban J connectivity index is 1.26. The lowest BCUT2D eigenvalue weighted by Gasteiger charge is -2.34. The monoisotopic (exact) mass is 537 g/mol. The third kappa shape index (κ3) is 5.58. The summed E-state index contributed by atoms with van der Waals surface area (Å²) in [6.45, 7) is 4.21. The molecule has 0 unspecified atom stereocenters. The minimum Gasteiger partial charge on any atom is -0.439 e. The maximum Gasteiger partial charge on any atom is 0.416 e. The van der Waals surface area contributed by atoms with E-state index in [1.807, 2.05) is 41.6 Å². The van der Waals surface area contributed by atoms with E-state index in [-0.39, 0.29) is 23.4 Å². The Labute approximate surface area is 222 Å². The van der Waals surface area contributed by atoms with E-state index >= 15 is 0 Å². The zero-order valence-electron chi connectivity index (χ0n) is 21.2. The van der Waals surface area contributed by atoms with Gasteiger partial charge in [0, 0.05) is 55.3 Å². The van der Waals surface area contributed by atoms with E-state index in [2.05, 4.69) is 15.6 Å². The molecule has 202 valence electrons. The van der Waals surface area contributed by atoms with E-state index in [0.29, 0.717) is 23.7 Å². The van der Waals surface area contributed by atoms with Gasteiger partial charge in [-0.15, -0.1) is 0 Å². The molecule has 2 aromatic carbocycles. The highest BCUT2D eigenvalue weighted by atomic mass is 19.4. The third-order valence-corrected chi connectivity index (χ3v) is 6.69. The van der Waals surface area contributed by atoms with Crippen molar-refractivity contribution in [1.82, 2.24) is 19.8 Å². The first-order valence-corrected chi connectivity index (χ1v) is 12.3. The molecule has 0 spiro atoms. The highest BCUT2D eigenvalue weighted by Crippen LogP contribution is 2.30. The molecule has 1 fully saturated rings. The number of halogens is 3. The van der Waals surface area contributed by atoms with Crippen LogP contribution in [0.1, 0.15) is 33.3 Å². The molecule has 5 rings (SSSR count). The van der Waals surface area contributed by atoms with Gasteiger partial charge in [0.15, 0.2) is 0 Å². The summed E-state index contributed by atoms with van der Waals surface area (Å²) in [6, 6.07) is 14.6. The van der Waals surface area contributed by atoms with Crippen molar-refractivity contribution in [2.75, 3.05) is 25.0 Å². The van der Waals surface area contributed by atoms with Gasteiger partial charge < -0.3 is 24.8 Å². The summed E-state index contributed by atoms with van der Waals surface area (Å²) in [6.07, 6.45) is -3.08. The lowest BCUT2D eigenvalue weighted by atomic mass is 10.1. The molecule has 1 aliphatic rings. The van der Waals surface area contributed by atoms with Crippen molar-refractivity contribution in [3.05, 3.63) is 83.7 Å². The molecule has 2 amide bonds. The second-order valence-electron chi connectivity index (χ2n) is 9.38. The summed E-state index contributed by atoms with van der Waals surface area (Å²) < 4.78 is 46.0. The van der Waals surface area contributed by atoms with E-state index in [4.69, 9.17) is 4.74 Å². The molecular formula is C28H26F3N5O3. The third-order valence-electron chi connectivity index (χ3n) is 6.69. The van der Waals surface area contributed by atoms with E-state index in [9.17, 15) is 22.8 Å². The van der Waals surface area contributed by atoms with Crippen LogP contribution in [0.4, 0.5) is 18.9 Å². The summed E-state index contributed by atoms with van der Waals surface area (Å²) in [7, 11) is 1.86. The van der Waals surface area contributed by atoms with E-state index in [1.54, 1.807) is 18.2 Å². The van der Waals surface area contributed by atoms with Crippen LogP contribution in [0.25, 0.3) is 10.9 Å². The van der Waals surface area contributed by atoms with Crippen LogP contribution in [-0.2, 0) is 13.2 Å². The Morgan fingerprint density at radius 3 is 2.51 bits per heavy atom. The Hall–Kier alpha value is -4.38. The Morgan fingerprint density at radius 1 is 1.08 bits per heavy atom. The Morgan fingerprint density at radius 2 is 1.85 bits per heavy atom. The Bertz CT molecular complexity index is 1510. The second kappa shape index (κ2) is 10.4. The number of ether oxygens (including phenoxy) is 1. The molecule has 1 aliphatic heterocycles. The number of piperazine rings is 1. The molecule has 2 aromatic heterocycles. The van der Waals surface area contributed by atoms with Crippen LogP contribution in [0.2, 0.25) is 0 Å². The molecule has 0 bridgehead atoms. The average Bonchev–Trinajstić information content (AvgIpc) is 3.24. The van der Waals surface area contributed by atoms with Gasteiger partial charge in [0.25, 0.3) is 11.8 Å². The quantitative estimate of drug-likeness (QED) is 0.371. The predicted octanol–water partition coefficient (Wildman–Crippen LogP) is 5.07. The number of nitrogens with one attached hydrogen (secondary N) is 2. The first kappa shape index (κ1) is 26.2. The molecule has 1 atom stereocenters. The number of aryl methyl sites for hydroxylation is 1. The average molecular weight is 538 g/mol. The van der Waals surface area contributed by atoms with Gasteiger partial charge >= 0.3 is 6.18 Å². The fraction of sp³-hybridized carbons (Fsp3) is 0.250. The molecule has 1 saturated heterocycles. The number of benzene rings is 2. The minimum absolute atomic E-state index is 0.0132. The fourth-order valence-electron chi connectivity index (χ4n) is 4.54. The Kier molecular flexibility index (Phi) is 7.00. The van der Waals surface area contributed by atoms with Crippen LogP contribution >= 0.6 is 0 Å². The van der Waals surface area contributed by atoms with Gasteiger partial charge in [0.1, 0.15) is 11.4 Å². The normalized spacial score (nSPS) is 15.8. The lowest BCUT2D eigenvalue weighted by Crippen LogP contribution is -2.52. The number of amides is 2. The number of carbonyl (C=O) groups excluding carboxylic acids is 2. The number of pyridine rings is 1. The number of rotatable bonds is 5. The molecule has 8 nitrogen and oxygen atoms in total. The fourth-order valence-corrected chi connectivity index (χ4v) is 4.54. The van der Waals surface area contributed by atoms with Gasteiger partial charge in [-0.2, -0.15) is 13.2 Å². The highest BCUT2D eigenvalue weighted by Gasteiger charge is 2.30. The molecule has 2 N–H and O–H groups in total. The first-order chi connectivity index (χ1) is 18.6. The molecule has 3 heterocycles. The van der Waals surface area contributed by atoms with Gasteiger partial charge in [0.2, 0.25) is 5.88 Å². The zero-order chi connectivity index (χ0) is 27.7. The number of alkyl halides is 3. The maximum absolute atomic E-state index is 13.2. The number of hydrogen-bond donors (Lipinski definition) is 2. The van der Waals surface area contributed by atoms with Crippen molar-refractivity contribution >= 4 is 28.4 Å². The van der Waals surface area contributed by atoms with Crippen molar-refractivity contribution < 1.29 is 27.5 Å². The van der Waals surface area contributed by atoms with E-state index in [0.717, 1.165) is 48.3 Å². The lowest BCUT2D eigenvalue weighted by molar-refractivity contribution is -0.137. The van der Waals surface area contributed by atoms with E-state index in [1.165, 1.54) is 6.20 Å². The number of hydrogen-bond acceptors (Lipinski definition) is 5. The van der Waals surface area contributed by atoms with Crippen LogP contribution in [-0.4, -0.2) is 51.9 Å². The number of fused-ring (bicyclic) bond motifs is 1. The van der Waals surface area contributed by atoms with Crippen LogP contribution < -0.4 is 15.4 Å². The molecule has 0 radical (unpaired) electrons. The number of carbonyl (C=O) groups is 2. The van der Waals surface area contributed by atoms with Crippen molar-refractivity contribution in [3.63, 3.8) is 0 Å². The molecule has 11 heteroatoms. The molecular weight excluding hydrogens is 511 g/mol. The molecule has 39 heavy (non-hydrogen) atoms. The van der Waals surface area contributed by atoms with Gasteiger partial charge in [-0.25, -0.2) is 4.98 Å². The molecule has 0 saturated carbocycles. The number of aromatic nitrogens is 2. The summed E-state index contributed by atoms with van der Waals surface area (Å²) in [5, 5.41) is 6.74. The summed E-state index contributed by atoms with van der Waals surface area (Å²) in [4.78, 5) is 31.7. The van der Waals surface area contributed by atoms with Crippen LogP contribution in [0.3, 0.4) is 0 Å². The largest absolute Gasteiger partial charge is 0.439 e. The smallest absolute Gasteiger partial charge is 0.416 e. The number of nitrogens with zero attached hydrogens (tertiary/aromatic N) is 3. The van der Waals surface area contributed by atoms with Crippen molar-refractivity contribution in [3.8, 4) is 11.6 Å². The van der Waals surface area contributed by atoms with Gasteiger partial charge in [0.05, 0.1) is 17.4 Å². The van der Waals surface area contributed by atoms with Crippen LogP contribution in [0.15, 0.2) is 66.9 Å². The van der Waals surface area contributed by atoms with Crippen molar-refractivity contribution in [2.45, 2.75) is 19.1 Å². The predicted molar refractivity (Wildman–Crippen MR) is 140 cm³/mol. The summed E-state index contributed by atoms with van der Waals surface area (Å²) >= 11 is 0. The standard InChI is InChI=1S/C28H26F3N5O3/c1-17-15-32-11-12-36(17)27(38)24-14-19-13-22(8-9-23(19)35(24)2)39-25-10-7-21(16-33-25)34-26(37)18-3-5-20(6-4-18)28(29,30)31/h3-10,13-14,16-17,32H,11-12,15H2,1-2H3,(H,34,37)/t17-/m0/s1. The van der Waals surface area contributed by atoms with Crippen LogP contribution in [0, 0.1) is 0 Å². The first-order valence-electron chi connectivity index (χ1n) is 12.3. The van der Waals surface area contributed by atoms with Gasteiger partial charge in [-0.05, 0) is 61.5 Å². The zero-order valence-corrected chi connectivity index (χ0v) is 21.2. The van der Waals surface area contributed by atoms with Gasteiger partial charge in [-0.1, -0.05) is 0 Å². The summed E-state index contributed by atoms with van der Waals surface area (Å²) in [5.74, 6) is 0.232. The minimum atomic E-state index is -4.47. The van der Waals surface area contributed by atoms with Crippen LogP contribution in [0.5, 0.6) is 11.6 Å². The molecule has 4 aromatic rings. The topological polar surface area (TPSA) is 88.5 Å². The SMILES string of the molecule is C[C@H]1CNCCN1C(=O)c1cc2cc(Oc3ccc(NC(=O)c4ccc(C(F)(F)F)cc4)cn3)ccc2n1C. The maximum atomic E-state index is 13.2. The highest BCUT2D eigenvalue weighted by molar-refractivity contribution is 6.04. The molecule has 0 aliphatic carbocycles. The second-order valence-corrected chi connectivity index (χ2v) is 9.38. The van der Waals surface area contributed by atoms with E-state index < -0.39 is 17.6 Å². The number of anilines is 1. The van der Waals surface area contributed by atoms with Crippen molar-refractivity contribution in [1.29, 1.82) is 0 Å².